The first-order valence-corrected chi connectivity index (χ1v) is 10.1. The first-order chi connectivity index (χ1) is 15.0. The number of carbonyl (C=O) groups excluding carboxylic acids is 2. The largest absolute Gasteiger partial charge is 0.322 e. The molecule has 2 N–H and O–H groups in total. The molecule has 0 unspecified atom stereocenters. The van der Waals surface area contributed by atoms with Crippen molar-refractivity contribution in [3.05, 3.63) is 100 Å². The van der Waals surface area contributed by atoms with Gasteiger partial charge in [-0.3, -0.25) is 9.59 Å². The van der Waals surface area contributed by atoms with Gasteiger partial charge >= 0.3 is 0 Å². The lowest BCUT2D eigenvalue weighted by atomic mass is 10.1. The van der Waals surface area contributed by atoms with Crippen molar-refractivity contribution in [1.29, 1.82) is 5.26 Å². The number of rotatable bonds is 6. The molecule has 0 saturated carbocycles. The molecule has 0 aliphatic heterocycles. The number of amides is 2. The summed E-state index contributed by atoms with van der Waals surface area (Å²) in [5.74, 6) is -0.849. The molecule has 0 fully saturated rings. The Bertz CT molecular complexity index is 1180. The molecule has 0 aromatic heterocycles. The second kappa shape index (κ2) is 10.2. The number of benzene rings is 3. The van der Waals surface area contributed by atoms with E-state index >= 15 is 0 Å². The quantitative estimate of drug-likeness (QED) is 0.389. The molecule has 5 nitrogen and oxygen atoms in total. The van der Waals surface area contributed by atoms with Crippen molar-refractivity contribution >= 4 is 40.9 Å². The predicted octanol–water partition coefficient (Wildman–Crippen LogP) is 5.70. The summed E-state index contributed by atoms with van der Waals surface area (Å²) >= 11 is 6.07. The number of anilines is 2. The van der Waals surface area contributed by atoms with Crippen LogP contribution in [0.25, 0.3) is 6.08 Å². The molecule has 154 valence electrons. The number of nitrogens with one attached hydrogen (secondary N) is 2. The lowest BCUT2D eigenvalue weighted by molar-refractivity contribution is -0.112. The highest BCUT2D eigenvalue weighted by atomic mass is 35.5. The molecule has 2 amide bonds. The topological polar surface area (TPSA) is 82.0 Å². The molecular formula is C25H20ClN3O2. The monoisotopic (exact) mass is 429 g/mol. The van der Waals surface area contributed by atoms with Gasteiger partial charge in [0.05, 0.1) is 10.6 Å². The highest BCUT2D eigenvalue weighted by Crippen LogP contribution is 2.19. The molecular weight excluding hydrogens is 410 g/mol. The summed E-state index contributed by atoms with van der Waals surface area (Å²) in [5, 5.41) is 15.3. The predicted molar refractivity (Wildman–Crippen MR) is 124 cm³/mol. The highest BCUT2D eigenvalue weighted by molar-refractivity contribution is 6.34. The van der Waals surface area contributed by atoms with E-state index in [1.807, 2.05) is 18.2 Å². The van der Waals surface area contributed by atoms with Crippen molar-refractivity contribution < 1.29 is 9.59 Å². The second-order valence-corrected chi connectivity index (χ2v) is 7.14. The third-order valence-electron chi connectivity index (χ3n) is 4.56. The summed E-state index contributed by atoms with van der Waals surface area (Å²) in [6, 6.07) is 23.0. The molecule has 6 heteroatoms. The smallest absolute Gasteiger partial charge is 0.266 e. The second-order valence-electron chi connectivity index (χ2n) is 6.73. The van der Waals surface area contributed by atoms with E-state index in [-0.39, 0.29) is 11.5 Å². The normalized spacial score (nSPS) is 10.8. The Morgan fingerprint density at radius 2 is 1.71 bits per heavy atom. The van der Waals surface area contributed by atoms with Gasteiger partial charge in [-0.2, -0.15) is 5.26 Å². The summed E-state index contributed by atoms with van der Waals surface area (Å²) in [4.78, 5) is 25.0. The Balaban J connectivity index is 1.75. The fourth-order valence-corrected chi connectivity index (χ4v) is 3.11. The van der Waals surface area contributed by atoms with E-state index in [9.17, 15) is 14.9 Å². The average Bonchev–Trinajstić information content (AvgIpc) is 2.78. The van der Waals surface area contributed by atoms with E-state index in [4.69, 9.17) is 11.6 Å². The standard InChI is InChI=1S/C25H20ClN3O2/c1-2-17-10-12-20(13-11-17)28-24(30)19(16-27)14-18-6-5-7-21(15-18)29-25(31)22-8-3-4-9-23(22)26/h3-15H,2H2,1H3,(H,28,30)(H,29,31)/b19-14+. The van der Waals surface area contributed by atoms with Gasteiger partial charge in [0.25, 0.3) is 11.8 Å². The fraction of sp³-hybridized carbons (Fsp3) is 0.0800. The number of aryl methyl sites for hydroxylation is 1. The van der Waals surface area contributed by atoms with Crippen LogP contribution >= 0.6 is 11.6 Å². The van der Waals surface area contributed by atoms with Crippen LogP contribution in [0.4, 0.5) is 11.4 Å². The van der Waals surface area contributed by atoms with Crippen molar-refractivity contribution in [2.24, 2.45) is 0 Å². The average molecular weight is 430 g/mol. The van der Waals surface area contributed by atoms with Crippen LogP contribution in [0.2, 0.25) is 5.02 Å². The number of nitriles is 1. The first kappa shape index (κ1) is 21.8. The third-order valence-corrected chi connectivity index (χ3v) is 4.89. The molecule has 0 bridgehead atoms. The van der Waals surface area contributed by atoms with Crippen LogP contribution in [-0.2, 0) is 11.2 Å². The molecule has 0 aliphatic rings. The molecule has 31 heavy (non-hydrogen) atoms. The van der Waals surface area contributed by atoms with Crippen molar-refractivity contribution in [2.75, 3.05) is 10.6 Å². The van der Waals surface area contributed by atoms with Crippen LogP contribution in [0.5, 0.6) is 0 Å². The fourth-order valence-electron chi connectivity index (χ4n) is 2.89. The summed E-state index contributed by atoms with van der Waals surface area (Å²) in [7, 11) is 0. The van der Waals surface area contributed by atoms with Crippen molar-refractivity contribution in [3.63, 3.8) is 0 Å². The SMILES string of the molecule is CCc1ccc(NC(=O)/C(C#N)=C/c2cccc(NC(=O)c3ccccc3Cl)c2)cc1. The van der Waals surface area contributed by atoms with Crippen molar-refractivity contribution in [3.8, 4) is 6.07 Å². The summed E-state index contributed by atoms with van der Waals surface area (Å²) in [5.41, 5.74) is 3.20. The number of carbonyl (C=O) groups is 2. The van der Waals surface area contributed by atoms with Crippen LogP contribution in [0.15, 0.2) is 78.4 Å². The molecule has 0 radical (unpaired) electrons. The highest BCUT2D eigenvalue weighted by Gasteiger charge is 2.12. The summed E-state index contributed by atoms with van der Waals surface area (Å²) in [6.45, 7) is 2.05. The van der Waals surface area contributed by atoms with Crippen LogP contribution in [0, 0.1) is 11.3 Å². The van der Waals surface area contributed by atoms with Crippen LogP contribution < -0.4 is 10.6 Å². The van der Waals surface area contributed by atoms with Gasteiger partial charge in [0.15, 0.2) is 0 Å². The maximum Gasteiger partial charge on any atom is 0.266 e. The molecule has 3 aromatic carbocycles. The van der Waals surface area contributed by atoms with E-state index in [1.54, 1.807) is 60.7 Å². The van der Waals surface area contributed by atoms with Gasteiger partial charge in [0.1, 0.15) is 11.6 Å². The van der Waals surface area contributed by atoms with Gasteiger partial charge in [-0.25, -0.2) is 0 Å². The zero-order valence-corrected chi connectivity index (χ0v) is 17.6. The minimum atomic E-state index is -0.503. The van der Waals surface area contributed by atoms with E-state index in [0.717, 1.165) is 12.0 Å². The zero-order chi connectivity index (χ0) is 22.2. The Labute approximate surface area is 186 Å². The summed E-state index contributed by atoms with van der Waals surface area (Å²) < 4.78 is 0. The molecule has 0 aliphatic carbocycles. The lowest BCUT2D eigenvalue weighted by Gasteiger charge is -2.08. The Morgan fingerprint density at radius 1 is 0.968 bits per heavy atom. The van der Waals surface area contributed by atoms with Crippen LogP contribution in [0.1, 0.15) is 28.4 Å². The van der Waals surface area contributed by atoms with E-state index < -0.39 is 5.91 Å². The molecule has 0 saturated heterocycles. The number of halogens is 1. The zero-order valence-electron chi connectivity index (χ0n) is 16.9. The first-order valence-electron chi connectivity index (χ1n) is 9.68. The van der Waals surface area contributed by atoms with E-state index in [0.29, 0.717) is 27.5 Å². The van der Waals surface area contributed by atoms with Gasteiger partial charge in [0.2, 0.25) is 0 Å². The summed E-state index contributed by atoms with van der Waals surface area (Å²) in [6.07, 6.45) is 2.38. The van der Waals surface area contributed by atoms with Gasteiger partial charge in [-0.15, -0.1) is 0 Å². The maximum absolute atomic E-state index is 12.5. The number of nitrogens with zero attached hydrogens (tertiary/aromatic N) is 1. The molecule has 0 heterocycles. The van der Waals surface area contributed by atoms with Crippen molar-refractivity contribution in [1.82, 2.24) is 0 Å². The molecule has 3 aromatic rings. The van der Waals surface area contributed by atoms with Gasteiger partial charge in [0, 0.05) is 11.4 Å². The Morgan fingerprint density at radius 3 is 2.39 bits per heavy atom. The number of hydrogen-bond acceptors (Lipinski definition) is 3. The van der Waals surface area contributed by atoms with Crippen LogP contribution in [-0.4, -0.2) is 11.8 Å². The van der Waals surface area contributed by atoms with Gasteiger partial charge in [-0.05, 0) is 60.0 Å². The Kier molecular flexibility index (Phi) is 7.21. The molecule has 3 rings (SSSR count). The lowest BCUT2D eigenvalue weighted by Crippen LogP contribution is -2.13. The maximum atomic E-state index is 12.5. The van der Waals surface area contributed by atoms with Gasteiger partial charge in [-0.1, -0.05) is 54.9 Å². The van der Waals surface area contributed by atoms with E-state index in [2.05, 4.69) is 17.6 Å². The minimum absolute atomic E-state index is 0.0471. The molecule has 0 spiro atoms. The Hall–Kier alpha value is -3.88. The molecule has 0 atom stereocenters. The third kappa shape index (κ3) is 5.81. The van der Waals surface area contributed by atoms with E-state index in [1.165, 1.54) is 6.08 Å². The van der Waals surface area contributed by atoms with Crippen LogP contribution in [0.3, 0.4) is 0 Å². The number of hydrogen-bond donors (Lipinski definition) is 2. The minimum Gasteiger partial charge on any atom is -0.322 e. The van der Waals surface area contributed by atoms with Gasteiger partial charge < -0.3 is 10.6 Å². The van der Waals surface area contributed by atoms with Crippen molar-refractivity contribution in [2.45, 2.75) is 13.3 Å².